The van der Waals surface area contributed by atoms with Crippen LogP contribution in [0.25, 0.3) is 11.1 Å². The summed E-state index contributed by atoms with van der Waals surface area (Å²) in [5.74, 6) is 0. The van der Waals surface area contributed by atoms with Gasteiger partial charge in [0.1, 0.15) is 0 Å². The second kappa shape index (κ2) is 9.78. The molecule has 0 N–H and O–H groups in total. The number of halogens is 4. The van der Waals surface area contributed by atoms with E-state index in [0.717, 1.165) is 51.3 Å². The van der Waals surface area contributed by atoms with E-state index in [4.69, 9.17) is 0 Å². The molecule has 0 aliphatic carbocycles. The Kier molecular flexibility index (Phi) is 7.09. The van der Waals surface area contributed by atoms with Crippen LogP contribution in [0.3, 0.4) is 0 Å². The van der Waals surface area contributed by atoms with Crippen LogP contribution in [-0.2, 0) is 0 Å². The highest BCUT2D eigenvalue weighted by molar-refractivity contribution is 9.11. The van der Waals surface area contributed by atoms with Gasteiger partial charge in [0.05, 0.1) is 0 Å². The van der Waals surface area contributed by atoms with Gasteiger partial charge in [-0.2, -0.15) is 0 Å². The van der Waals surface area contributed by atoms with Crippen LogP contribution in [0, 0.1) is 0 Å². The maximum atomic E-state index is 3.80. The Hall–Kier alpha value is -1.46. The zero-order valence-electron chi connectivity index (χ0n) is 15.7. The van der Waals surface area contributed by atoms with Crippen molar-refractivity contribution in [2.75, 3.05) is 0 Å². The van der Waals surface area contributed by atoms with Gasteiger partial charge >= 0.3 is 0 Å². The average Bonchev–Trinajstić information content (AvgIpc) is 2.75. The largest absolute Gasteiger partial charge is 0.0616 e. The van der Waals surface area contributed by atoms with Gasteiger partial charge in [-0.25, -0.2) is 0 Å². The summed E-state index contributed by atoms with van der Waals surface area (Å²) in [6, 6.07) is 33.5. The van der Waals surface area contributed by atoms with Crippen LogP contribution in [0.2, 0.25) is 0 Å². The van der Waals surface area contributed by atoms with Crippen LogP contribution in [0.1, 0.15) is 22.3 Å². The van der Waals surface area contributed by atoms with Crippen molar-refractivity contribution in [3.05, 3.63) is 137 Å². The fraction of sp³-hybridized carbons (Fsp3) is 0. The van der Waals surface area contributed by atoms with E-state index in [-0.39, 0.29) is 0 Å². The highest BCUT2D eigenvalue weighted by Crippen LogP contribution is 2.44. The molecule has 0 aromatic heterocycles. The standard InChI is InChI=1S/C26H16Br4/c27-21-13-5-1-9-17(21)25(18-10-2-6-14-22(18)28)26(19-11-3-7-15-23(19)29)20-12-4-8-16-24(20)30/h1-16H. The van der Waals surface area contributed by atoms with Crippen molar-refractivity contribution in [1.29, 1.82) is 0 Å². The Balaban J connectivity index is 2.23. The first-order valence-electron chi connectivity index (χ1n) is 9.32. The number of hydrogen-bond donors (Lipinski definition) is 0. The van der Waals surface area contributed by atoms with Gasteiger partial charge in [0.15, 0.2) is 0 Å². The SMILES string of the molecule is Brc1ccccc1C(=C(c1ccccc1Br)c1ccccc1Br)c1ccccc1Br. The average molecular weight is 648 g/mol. The minimum Gasteiger partial charge on any atom is -0.0616 e. The summed E-state index contributed by atoms with van der Waals surface area (Å²) in [6.07, 6.45) is 0. The summed E-state index contributed by atoms with van der Waals surface area (Å²) in [4.78, 5) is 0. The third-order valence-corrected chi connectivity index (χ3v) is 7.59. The molecule has 0 aliphatic rings. The van der Waals surface area contributed by atoms with Crippen molar-refractivity contribution >= 4 is 74.9 Å². The van der Waals surface area contributed by atoms with Gasteiger partial charge in [-0.1, -0.05) is 137 Å². The molecule has 0 saturated heterocycles. The van der Waals surface area contributed by atoms with Gasteiger partial charge in [0.25, 0.3) is 0 Å². The normalized spacial score (nSPS) is 10.7. The van der Waals surface area contributed by atoms with E-state index in [0.29, 0.717) is 0 Å². The Morgan fingerprint density at radius 2 is 0.533 bits per heavy atom. The quantitative estimate of drug-likeness (QED) is 0.194. The van der Waals surface area contributed by atoms with Crippen molar-refractivity contribution in [3.8, 4) is 0 Å². The van der Waals surface area contributed by atoms with Gasteiger partial charge in [-0.3, -0.25) is 0 Å². The molecule has 30 heavy (non-hydrogen) atoms. The fourth-order valence-electron chi connectivity index (χ4n) is 3.48. The lowest BCUT2D eigenvalue weighted by atomic mass is 9.86. The maximum Gasteiger partial charge on any atom is 0.0254 e. The summed E-state index contributed by atoms with van der Waals surface area (Å²) >= 11 is 15.2. The lowest BCUT2D eigenvalue weighted by Crippen LogP contribution is -2.00. The highest BCUT2D eigenvalue weighted by atomic mass is 79.9. The molecule has 0 heterocycles. The first kappa shape index (κ1) is 21.8. The van der Waals surface area contributed by atoms with Crippen molar-refractivity contribution < 1.29 is 0 Å². The Morgan fingerprint density at radius 1 is 0.333 bits per heavy atom. The zero-order chi connectivity index (χ0) is 21.1. The van der Waals surface area contributed by atoms with Crippen LogP contribution in [0.5, 0.6) is 0 Å². The molecular weight excluding hydrogens is 632 g/mol. The zero-order valence-corrected chi connectivity index (χ0v) is 22.1. The minimum absolute atomic E-state index is 1.05. The molecule has 4 aromatic rings. The van der Waals surface area contributed by atoms with Gasteiger partial charge in [-0.15, -0.1) is 0 Å². The van der Waals surface area contributed by atoms with Crippen molar-refractivity contribution in [2.45, 2.75) is 0 Å². The summed E-state index contributed by atoms with van der Waals surface area (Å²) < 4.78 is 4.19. The van der Waals surface area contributed by atoms with Crippen molar-refractivity contribution in [2.24, 2.45) is 0 Å². The molecule has 4 heteroatoms. The summed E-state index contributed by atoms with van der Waals surface area (Å²) in [7, 11) is 0. The molecule has 148 valence electrons. The van der Waals surface area contributed by atoms with Crippen LogP contribution < -0.4 is 0 Å². The van der Waals surface area contributed by atoms with Gasteiger partial charge in [-0.05, 0) is 57.7 Å². The lowest BCUT2D eigenvalue weighted by Gasteiger charge is -2.21. The molecule has 4 aromatic carbocycles. The number of benzene rings is 4. The second-order valence-electron chi connectivity index (χ2n) is 6.67. The van der Waals surface area contributed by atoms with Crippen LogP contribution >= 0.6 is 63.7 Å². The summed E-state index contributed by atoms with van der Waals surface area (Å²) in [6.45, 7) is 0. The van der Waals surface area contributed by atoms with Crippen molar-refractivity contribution in [1.82, 2.24) is 0 Å². The van der Waals surface area contributed by atoms with E-state index in [1.54, 1.807) is 0 Å². The third kappa shape index (κ3) is 4.43. The van der Waals surface area contributed by atoms with Crippen LogP contribution in [0.15, 0.2) is 115 Å². The minimum atomic E-state index is 1.05. The molecule has 0 saturated carbocycles. The van der Waals surface area contributed by atoms with Gasteiger partial charge in [0, 0.05) is 17.9 Å². The molecular formula is C26H16Br4. The van der Waals surface area contributed by atoms with Crippen LogP contribution in [-0.4, -0.2) is 0 Å². The lowest BCUT2D eigenvalue weighted by molar-refractivity contribution is 1.45. The highest BCUT2D eigenvalue weighted by Gasteiger charge is 2.22. The molecule has 0 aliphatic heterocycles. The maximum absolute atomic E-state index is 3.80. The molecule has 4 rings (SSSR count). The van der Waals surface area contributed by atoms with E-state index in [2.05, 4.69) is 137 Å². The van der Waals surface area contributed by atoms with E-state index >= 15 is 0 Å². The Labute approximate surface area is 210 Å². The Morgan fingerprint density at radius 3 is 0.733 bits per heavy atom. The van der Waals surface area contributed by atoms with E-state index in [1.807, 2.05) is 24.3 Å². The monoisotopic (exact) mass is 644 g/mol. The molecule has 0 fully saturated rings. The second-order valence-corrected chi connectivity index (χ2v) is 10.1. The van der Waals surface area contributed by atoms with E-state index in [1.165, 1.54) is 0 Å². The molecule has 0 nitrogen and oxygen atoms in total. The number of rotatable bonds is 4. The summed E-state index contributed by atoms with van der Waals surface area (Å²) in [5, 5.41) is 0. The third-order valence-electron chi connectivity index (χ3n) is 4.82. The molecule has 0 spiro atoms. The predicted octanol–water partition coefficient (Wildman–Crippen LogP) is 9.74. The van der Waals surface area contributed by atoms with Crippen LogP contribution in [0.4, 0.5) is 0 Å². The molecule has 0 bridgehead atoms. The molecule has 0 unspecified atom stereocenters. The smallest absolute Gasteiger partial charge is 0.0254 e. The number of hydrogen-bond acceptors (Lipinski definition) is 0. The molecule has 0 atom stereocenters. The first-order valence-corrected chi connectivity index (χ1v) is 12.5. The summed E-state index contributed by atoms with van der Waals surface area (Å²) in [5.41, 5.74) is 6.82. The van der Waals surface area contributed by atoms with E-state index in [9.17, 15) is 0 Å². The Bertz CT molecular complexity index is 1050. The first-order chi connectivity index (χ1) is 14.6. The fourth-order valence-corrected chi connectivity index (χ4v) is 5.42. The predicted molar refractivity (Wildman–Crippen MR) is 142 cm³/mol. The van der Waals surface area contributed by atoms with Crippen molar-refractivity contribution in [3.63, 3.8) is 0 Å². The van der Waals surface area contributed by atoms with Gasteiger partial charge < -0.3 is 0 Å². The molecule has 0 radical (unpaired) electrons. The van der Waals surface area contributed by atoms with Gasteiger partial charge in [0.2, 0.25) is 0 Å². The van der Waals surface area contributed by atoms with E-state index < -0.39 is 0 Å². The molecule has 0 amide bonds. The topological polar surface area (TPSA) is 0 Å².